The first kappa shape index (κ1) is 22.9. The first-order valence-corrected chi connectivity index (χ1v) is 10.6. The number of pyridine rings is 1. The maximum Gasteiger partial charge on any atom is 0.341 e. The van der Waals surface area contributed by atoms with E-state index in [-0.39, 0.29) is 18.0 Å². The maximum absolute atomic E-state index is 12.8. The van der Waals surface area contributed by atoms with Crippen molar-refractivity contribution < 1.29 is 18.8 Å². The first-order chi connectivity index (χ1) is 13.6. The Balaban J connectivity index is 2.12. The number of amides is 1. The van der Waals surface area contributed by atoms with E-state index in [1.165, 1.54) is 11.8 Å². The van der Waals surface area contributed by atoms with Gasteiger partial charge >= 0.3 is 5.97 Å². The van der Waals surface area contributed by atoms with Crippen LogP contribution < -0.4 is 0 Å². The zero-order chi connectivity index (χ0) is 21.7. The molecule has 0 fully saturated rings. The Kier molecular flexibility index (Phi) is 7.84. The minimum Gasteiger partial charge on any atom is -0.449 e. The number of esters is 1. The summed E-state index contributed by atoms with van der Waals surface area (Å²) in [6, 6.07) is 3.37. The summed E-state index contributed by atoms with van der Waals surface area (Å²) in [6.07, 6.45) is 0.744. The number of carbonyl (C=O) groups excluding carboxylic acids is 2. The third-order valence-electron chi connectivity index (χ3n) is 4.52. The SMILES string of the molecule is Cc1noc(C)c1CSc1ncccc1C(=O)O[C@@H](C)C(=O)N(C(C)C)C(C)C. The molecule has 0 spiro atoms. The van der Waals surface area contributed by atoms with Crippen LogP contribution in [0.4, 0.5) is 0 Å². The van der Waals surface area contributed by atoms with Crippen molar-refractivity contribution >= 4 is 23.6 Å². The molecule has 29 heavy (non-hydrogen) atoms. The molecule has 158 valence electrons. The summed E-state index contributed by atoms with van der Waals surface area (Å²) in [6.45, 7) is 13.1. The van der Waals surface area contributed by atoms with E-state index in [1.807, 2.05) is 41.5 Å². The predicted octanol–water partition coefficient (Wildman–Crippen LogP) is 4.17. The standard InChI is InChI=1S/C21H29N3O4S/c1-12(2)24(13(3)4)20(25)16(7)27-21(26)17-9-8-10-22-19(17)29-11-18-14(5)23-28-15(18)6/h8-10,12-13,16H,11H2,1-7H3/t16-/m0/s1. The van der Waals surface area contributed by atoms with Crippen LogP contribution in [0.3, 0.4) is 0 Å². The lowest BCUT2D eigenvalue weighted by molar-refractivity contribution is -0.143. The van der Waals surface area contributed by atoms with Gasteiger partial charge in [-0.15, -0.1) is 11.8 Å². The Morgan fingerprint density at radius 3 is 2.38 bits per heavy atom. The van der Waals surface area contributed by atoms with Gasteiger partial charge in [0, 0.05) is 29.6 Å². The van der Waals surface area contributed by atoms with Gasteiger partial charge in [0.05, 0.1) is 11.3 Å². The molecule has 0 saturated heterocycles. The summed E-state index contributed by atoms with van der Waals surface area (Å²) >= 11 is 1.41. The monoisotopic (exact) mass is 419 g/mol. The molecule has 1 amide bonds. The van der Waals surface area contributed by atoms with Crippen LogP contribution in [0.15, 0.2) is 27.9 Å². The lowest BCUT2D eigenvalue weighted by Gasteiger charge is -2.32. The van der Waals surface area contributed by atoms with Crippen LogP contribution in [0.25, 0.3) is 0 Å². The number of aryl methyl sites for hydroxylation is 2. The van der Waals surface area contributed by atoms with E-state index < -0.39 is 12.1 Å². The highest BCUT2D eigenvalue weighted by Gasteiger charge is 2.28. The molecule has 0 unspecified atom stereocenters. The Hall–Kier alpha value is -2.35. The molecule has 7 nitrogen and oxygen atoms in total. The second-order valence-corrected chi connectivity index (χ2v) is 8.39. The summed E-state index contributed by atoms with van der Waals surface area (Å²) in [7, 11) is 0. The summed E-state index contributed by atoms with van der Waals surface area (Å²) in [5.74, 6) is 0.545. The highest BCUT2D eigenvalue weighted by Crippen LogP contribution is 2.27. The minimum absolute atomic E-state index is 0.0169. The van der Waals surface area contributed by atoms with Gasteiger partial charge in [0.15, 0.2) is 6.10 Å². The van der Waals surface area contributed by atoms with Gasteiger partial charge < -0.3 is 14.2 Å². The molecule has 0 aliphatic rings. The van der Waals surface area contributed by atoms with E-state index in [1.54, 1.807) is 30.2 Å². The Bertz CT molecular complexity index is 836. The second kappa shape index (κ2) is 9.91. The average Bonchev–Trinajstić information content (AvgIpc) is 2.97. The molecule has 0 N–H and O–H groups in total. The molecule has 0 aliphatic heterocycles. The van der Waals surface area contributed by atoms with Gasteiger partial charge in [-0.1, -0.05) is 5.16 Å². The van der Waals surface area contributed by atoms with Crippen LogP contribution >= 0.6 is 11.8 Å². The van der Waals surface area contributed by atoms with Gasteiger partial charge in [-0.05, 0) is 60.6 Å². The smallest absolute Gasteiger partial charge is 0.341 e. The van der Waals surface area contributed by atoms with Gasteiger partial charge in [-0.25, -0.2) is 9.78 Å². The largest absolute Gasteiger partial charge is 0.449 e. The third kappa shape index (κ3) is 5.59. The van der Waals surface area contributed by atoms with Gasteiger partial charge in [0.25, 0.3) is 5.91 Å². The fourth-order valence-electron chi connectivity index (χ4n) is 3.10. The number of rotatable bonds is 8. The van der Waals surface area contributed by atoms with Crippen LogP contribution in [0, 0.1) is 13.8 Å². The number of thioether (sulfide) groups is 1. The van der Waals surface area contributed by atoms with Crippen LogP contribution in [0.1, 0.15) is 62.0 Å². The maximum atomic E-state index is 12.8. The van der Waals surface area contributed by atoms with Crippen LogP contribution in [0.5, 0.6) is 0 Å². The molecule has 2 aromatic rings. The first-order valence-electron chi connectivity index (χ1n) is 9.66. The van der Waals surface area contributed by atoms with Crippen molar-refractivity contribution in [3.8, 4) is 0 Å². The van der Waals surface area contributed by atoms with Crippen LogP contribution in [-0.4, -0.2) is 45.1 Å². The summed E-state index contributed by atoms with van der Waals surface area (Å²) in [4.78, 5) is 31.5. The molecule has 2 heterocycles. The van der Waals surface area contributed by atoms with Crippen molar-refractivity contribution in [3.63, 3.8) is 0 Å². The lowest BCUT2D eigenvalue weighted by Crippen LogP contribution is -2.47. The predicted molar refractivity (Wildman–Crippen MR) is 112 cm³/mol. The average molecular weight is 420 g/mol. The number of hydrogen-bond donors (Lipinski definition) is 0. The molecule has 2 rings (SSSR count). The van der Waals surface area contributed by atoms with Gasteiger partial charge in [0.2, 0.25) is 0 Å². The van der Waals surface area contributed by atoms with Crippen molar-refractivity contribution in [2.24, 2.45) is 0 Å². The van der Waals surface area contributed by atoms with Crippen molar-refractivity contribution in [1.82, 2.24) is 15.0 Å². The summed E-state index contributed by atoms with van der Waals surface area (Å²) in [5, 5.41) is 4.49. The molecule has 8 heteroatoms. The zero-order valence-corrected chi connectivity index (χ0v) is 18.9. The third-order valence-corrected chi connectivity index (χ3v) is 5.56. The molecule has 0 aliphatic carbocycles. The van der Waals surface area contributed by atoms with Crippen molar-refractivity contribution in [1.29, 1.82) is 0 Å². The minimum atomic E-state index is -0.882. The highest BCUT2D eigenvalue weighted by molar-refractivity contribution is 7.98. The second-order valence-electron chi connectivity index (χ2n) is 7.43. The molecule has 0 saturated carbocycles. The van der Waals surface area contributed by atoms with Gasteiger partial charge in [0.1, 0.15) is 10.8 Å². The molecular weight excluding hydrogens is 390 g/mol. The molecule has 0 radical (unpaired) electrons. The summed E-state index contributed by atoms with van der Waals surface area (Å²) in [5.41, 5.74) is 2.13. The fraction of sp³-hybridized carbons (Fsp3) is 0.524. The van der Waals surface area contributed by atoms with E-state index in [4.69, 9.17) is 9.26 Å². The van der Waals surface area contributed by atoms with E-state index in [9.17, 15) is 9.59 Å². The quantitative estimate of drug-likeness (QED) is 0.469. The molecule has 2 aromatic heterocycles. The molecule has 0 aromatic carbocycles. The van der Waals surface area contributed by atoms with Crippen LogP contribution in [0.2, 0.25) is 0 Å². The normalized spacial score (nSPS) is 12.3. The van der Waals surface area contributed by atoms with Gasteiger partial charge in [-0.2, -0.15) is 0 Å². The summed E-state index contributed by atoms with van der Waals surface area (Å²) < 4.78 is 10.7. The Morgan fingerprint density at radius 1 is 1.17 bits per heavy atom. The van der Waals surface area contributed by atoms with Crippen LogP contribution in [-0.2, 0) is 15.3 Å². The topological polar surface area (TPSA) is 85.5 Å². The number of ether oxygens (including phenoxy) is 1. The number of nitrogens with zero attached hydrogens (tertiary/aromatic N) is 3. The highest BCUT2D eigenvalue weighted by atomic mass is 32.2. The zero-order valence-electron chi connectivity index (χ0n) is 18.1. The fourth-order valence-corrected chi connectivity index (χ4v) is 4.23. The van der Waals surface area contributed by atoms with Crippen molar-refractivity contribution in [2.75, 3.05) is 0 Å². The van der Waals surface area contributed by atoms with E-state index >= 15 is 0 Å². The molecule has 1 atom stereocenters. The number of carbonyl (C=O) groups is 2. The lowest BCUT2D eigenvalue weighted by atomic mass is 10.2. The van der Waals surface area contributed by atoms with E-state index in [2.05, 4.69) is 10.1 Å². The van der Waals surface area contributed by atoms with E-state index in [0.717, 1.165) is 17.0 Å². The Morgan fingerprint density at radius 2 is 1.83 bits per heavy atom. The number of hydrogen-bond acceptors (Lipinski definition) is 7. The van der Waals surface area contributed by atoms with Gasteiger partial charge in [-0.3, -0.25) is 4.79 Å². The van der Waals surface area contributed by atoms with Crippen molar-refractivity contribution in [3.05, 3.63) is 40.9 Å². The number of aromatic nitrogens is 2. The van der Waals surface area contributed by atoms with Crippen molar-refractivity contribution in [2.45, 2.75) is 77.4 Å². The van der Waals surface area contributed by atoms with E-state index in [0.29, 0.717) is 16.3 Å². The molecule has 0 bridgehead atoms. The molecular formula is C21H29N3O4S. The Labute approximate surface area is 176 Å².